The van der Waals surface area contributed by atoms with Gasteiger partial charge in [0.2, 0.25) is 5.91 Å². The summed E-state index contributed by atoms with van der Waals surface area (Å²) in [5, 5.41) is 0.953. The Hall–Kier alpha value is -2.56. The number of carbonyl (C=O) groups is 1. The van der Waals surface area contributed by atoms with Crippen molar-refractivity contribution in [1.29, 1.82) is 0 Å². The van der Waals surface area contributed by atoms with Crippen LogP contribution in [0, 0.1) is 0 Å². The van der Waals surface area contributed by atoms with Crippen LogP contribution in [0.1, 0.15) is 29.5 Å². The molecule has 0 radical (unpaired) electrons. The first-order valence-electron chi connectivity index (χ1n) is 8.81. The van der Waals surface area contributed by atoms with Crippen molar-refractivity contribution in [3.63, 3.8) is 0 Å². The molecule has 0 atom stereocenters. The zero-order chi connectivity index (χ0) is 17.6. The van der Waals surface area contributed by atoms with E-state index in [4.69, 9.17) is 4.42 Å². The van der Waals surface area contributed by atoms with Crippen LogP contribution in [0.25, 0.3) is 17.0 Å². The smallest absolute Gasteiger partial charge is 0.343 e. The van der Waals surface area contributed by atoms with Crippen LogP contribution in [-0.4, -0.2) is 38.0 Å². The monoisotopic (exact) mass is 338 g/mol. The summed E-state index contributed by atoms with van der Waals surface area (Å²) in [6.45, 7) is 2.17. The first-order valence-corrected chi connectivity index (χ1v) is 8.81. The van der Waals surface area contributed by atoms with Crippen LogP contribution in [0.4, 0.5) is 5.69 Å². The van der Waals surface area contributed by atoms with E-state index in [1.165, 1.54) is 34.2 Å². The lowest BCUT2D eigenvalue weighted by Crippen LogP contribution is -2.34. The summed E-state index contributed by atoms with van der Waals surface area (Å²) in [7, 11) is 3.36. The number of carbonyl (C=O) groups excluding carboxylic acids is 1. The molecule has 1 amide bonds. The van der Waals surface area contributed by atoms with Crippen LogP contribution >= 0.6 is 0 Å². The molecule has 4 rings (SSSR count). The molecule has 2 aromatic rings. The van der Waals surface area contributed by atoms with Crippen molar-refractivity contribution in [3.05, 3.63) is 45.3 Å². The Kier molecular flexibility index (Phi) is 3.86. The van der Waals surface area contributed by atoms with Crippen molar-refractivity contribution in [1.82, 2.24) is 4.90 Å². The second-order valence-electron chi connectivity index (χ2n) is 7.03. The Morgan fingerprint density at radius 1 is 1.20 bits per heavy atom. The fourth-order valence-electron chi connectivity index (χ4n) is 3.89. The molecule has 5 heteroatoms. The van der Waals surface area contributed by atoms with Crippen LogP contribution in [0.2, 0.25) is 0 Å². The molecule has 2 aliphatic heterocycles. The van der Waals surface area contributed by atoms with Crippen LogP contribution in [0.5, 0.6) is 0 Å². The van der Waals surface area contributed by atoms with Gasteiger partial charge >= 0.3 is 5.63 Å². The van der Waals surface area contributed by atoms with Gasteiger partial charge in [-0.25, -0.2) is 4.79 Å². The van der Waals surface area contributed by atoms with E-state index in [9.17, 15) is 9.59 Å². The average Bonchev–Trinajstić information content (AvgIpc) is 2.60. The van der Waals surface area contributed by atoms with Gasteiger partial charge in [-0.1, -0.05) is 0 Å². The molecule has 25 heavy (non-hydrogen) atoms. The molecule has 0 bridgehead atoms. The fraction of sp³-hybridized carbons (Fsp3) is 0.400. The Morgan fingerprint density at radius 3 is 2.72 bits per heavy atom. The molecule has 2 aliphatic rings. The number of nitrogens with zero attached hydrogens (tertiary/aromatic N) is 2. The molecular weight excluding hydrogens is 316 g/mol. The van der Waals surface area contributed by atoms with Crippen molar-refractivity contribution >= 4 is 28.6 Å². The van der Waals surface area contributed by atoms with Gasteiger partial charge in [-0.2, -0.15) is 0 Å². The summed E-state index contributed by atoms with van der Waals surface area (Å²) >= 11 is 0. The second kappa shape index (κ2) is 6.06. The summed E-state index contributed by atoms with van der Waals surface area (Å²) in [5.74, 6) is -0.157. The quantitative estimate of drug-likeness (QED) is 0.624. The zero-order valence-corrected chi connectivity index (χ0v) is 14.7. The van der Waals surface area contributed by atoms with Gasteiger partial charge in [-0.15, -0.1) is 0 Å². The summed E-state index contributed by atoms with van der Waals surface area (Å²) in [5.41, 5.74) is 4.56. The van der Waals surface area contributed by atoms with E-state index in [-0.39, 0.29) is 11.5 Å². The molecule has 1 aromatic carbocycles. The van der Waals surface area contributed by atoms with Crippen molar-refractivity contribution in [3.8, 4) is 0 Å². The standard InChI is InChI=1S/C20H22N2O3/c1-21(2)17(23)8-7-14-12-15-11-13-5-3-9-22-10-4-6-16(18(13)22)19(15)25-20(14)24/h7-8,11-12H,3-6,9-10H2,1-2H3/b8-7+. The molecule has 0 aliphatic carbocycles. The minimum Gasteiger partial charge on any atom is -0.422 e. The number of anilines is 1. The highest BCUT2D eigenvalue weighted by Gasteiger charge is 2.26. The highest BCUT2D eigenvalue weighted by Crippen LogP contribution is 2.39. The van der Waals surface area contributed by atoms with Crippen molar-refractivity contribution in [2.75, 3.05) is 32.1 Å². The lowest BCUT2D eigenvalue weighted by Gasteiger charge is -2.37. The Balaban J connectivity index is 1.86. The molecule has 1 aromatic heterocycles. The van der Waals surface area contributed by atoms with Crippen molar-refractivity contribution in [2.24, 2.45) is 0 Å². The number of hydrogen-bond donors (Lipinski definition) is 0. The SMILES string of the molecule is CN(C)C(=O)/C=C/c1cc2cc3c4c(c2oc1=O)CCCN4CCC3. The lowest BCUT2D eigenvalue weighted by atomic mass is 9.90. The number of likely N-dealkylation sites (N-methyl/N-ethyl adjacent to an activating group) is 1. The van der Waals surface area contributed by atoms with Gasteiger partial charge in [0.15, 0.2) is 0 Å². The highest BCUT2D eigenvalue weighted by atomic mass is 16.4. The first-order chi connectivity index (χ1) is 12.0. The molecule has 0 unspecified atom stereocenters. The number of fused-ring (bicyclic) bond motifs is 2. The predicted octanol–water partition coefficient (Wildman–Crippen LogP) is 2.59. The zero-order valence-electron chi connectivity index (χ0n) is 14.7. The van der Waals surface area contributed by atoms with Gasteiger partial charge in [0.1, 0.15) is 5.58 Å². The van der Waals surface area contributed by atoms with Gasteiger partial charge in [-0.3, -0.25) is 4.79 Å². The van der Waals surface area contributed by atoms with Crippen LogP contribution < -0.4 is 10.5 Å². The van der Waals surface area contributed by atoms with Gasteiger partial charge in [0.05, 0.1) is 5.56 Å². The van der Waals surface area contributed by atoms with Gasteiger partial charge in [0.25, 0.3) is 0 Å². The van der Waals surface area contributed by atoms with E-state index < -0.39 is 0 Å². The molecule has 0 saturated carbocycles. The van der Waals surface area contributed by atoms with E-state index >= 15 is 0 Å². The fourth-order valence-corrected chi connectivity index (χ4v) is 3.89. The molecule has 0 spiro atoms. The molecule has 0 N–H and O–H groups in total. The third-order valence-electron chi connectivity index (χ3n) is 5.09. The molecule has 0 fully saturated rings. The van der Waals surface area contributed by atoms with Gasteiger partial charge in [-0.05, 0) is 49.5 Å². The van der Waals surface area contributed by atoms with Gasteiger partial charge in [0, 0.05) is 49.9 Å². The molecular formula is C20H22N2O3. The third kappa shape index (κ3) is 2.73. The van der Waals surface area contributed by atoms with Gasteiger partial charge < -0.3 is 14.2 Å². The molecule has 5 nitrogen and oxygen atoms in total. The van der Waals surface area contributed by atoms with Crippen molar-refractivity contribution in [2.45, 2.75) is 25.7 Å². The predicted molar refractivity (Wildman–Crippen MR) is 99.1 cm³/mol. The Morgan fingerprint density at radius 2 is 1.96 bits per heavy atom. The number of amides is 1. The normalized spacial score (nSPS) is 16.3. The first kappa shape index (κ1) is 15.9. The number of rotatable bonds is 2. The molecule has 130 valence electrons. The molecule has 0 saturated heterocycles. The van der Waals surface area contributed by atoms with Crippen molar-refractivity contribution < 1.29 is 9.21 Å². The number of benzene rings is 1. The molecule has 3 heterocycles. The van der Waals surface area contributed by atoms with E-state index in [0.717, 1.165) is 37.7 Å². The minimum absolute atomic E-state index is 0.157. The van der Waals surface area contributed by atoms with E-state index in [1.54, 1.807) is 20.2 Å². The van der Waals surface area contributed by atoms with Crippen LogP contribution in [-0.2, 0) is 17.6 Å². The lowest BCUT2D eigenvalue weighted by molar-refractivity contribution is -0.123. The summed E-state index contributed by atoms with van der Waals surface area (Å²) in [6.07, 6.45) is 7.23. The largest absolute Gasteiger partial charge is 0.422 e. The van der Waals surface area contributed by atoms with E-state index in [0.29, 0.717) is 11.1 Å². The number of aryl methyl sites for hydroxylation is 2. The van der Waals surface area contributed by atoms with Crippen LogP contribution in [0.15, 0.2) is 27.4 Å². The van der Waals surface area contributed by atoms with E-state index in [2.05, 4.69) is 11.0 Å². The maximum Gasteiger partial charge on any atom is 0.343 e. The number of hydrogen-bond acceptors (Lipinski definition) is 4. The maximum atomic E-state index is 12.4. The Bertz CT molecular complexity index is 938. The average molecular weight is 338 g/mol. The minimum atomic E-state index is -0.389. The van der Waals surface area contributed by atoms with Crippen LogP contribution in [0.3, 0.4) is 0 Å². The van der Waals surface area contributed by atoms with E-state index in [1.807, 2.05) is 6.07 Å². The summed E-state index contributed by atoms with van der Waals surface area (Å²) in [6, 6.07) is 4.00. The second-order valence-corrected chi connectivity index (χ2v) is 7.03. The highest BCUT2D eigenvalue weighted by molar-refractivity contribution is 5.93. The topological polar surface area (TPSA) is 53.8 Å². The maximum absolute atomic E-state index is 12.4. The third-order valence-corrected chi connectivity index (χ3v) is 5.09. The Labute approximate surface area is 146 Å². The summed E-state index contributed by atoms with van der Waals surface area (Å²) < 4.78 is 5.70. The summed E-state index contributed by atoms with van der Waals surface area (Å²) in [4.78, 5) is 28.0.